The fraction of sp³-hybridized carbons (Fsp3) is 0.500. The molecule has 0 radical (unpaired) electrons. The third-order valence-electron chi connectivity index (χ3n) is 0.166. The lowest BCUT2D eigenvalue weighted by Crippen LogP contribution is -2.23. The summed E-state index contributed by atoms with van der Waals surface area (Å²) in [6.45, 7) is 0. The molecule has 0 aliphatic heterocycles. The molecule has 2 N–H and O–H groups in total. The maximum Gasteiger partial charge on any atom is 0.223 e. The lowest BCUT2D eigenvalue weighted by molar-refractivity contribution is -0.117. The Bertz CT molecular complexity index is 34.6. The molecule has 0 bridgehead atoms. The van der Waals surface area contributed by atoms with Crippen LogP contribution in [0.1, 0.15) is 0 Å². The topological polar surface area (TPSA) is 46.3 Å². The van der Waals surface area contributed by atoms with Gasteiger partial charge in [-0.25, -0.2) is 5.84 Å². The molecule has 0 atom stereocenters. The van der Waals surface area contributed by atoms with E-state index >= 15 is 0 Å². The minimum atomic E-state index is 0.528. The highest BCUT2D eigenvalue weighted by Crippen LogP contribution is 1.43. The van der Waals surface area contributed by atoms with Crippen LogP contribution in [-0.2, 0) is 4.79 Å². The number of hydrogen-bond donors (Lipinski definition) is 1. The molecule has 3 heteroatoms. The standard InChI is InChI=1S/C2H6N2O/c1-4(3)2-5/h2H,3H2,1H3. The summed E-state index contributed by atoms with van der Waals surface area (Å²) in [4.78, 5) is 9.31. The van der Waals surface area contributed by atoms with E-state index in [0.717, 1.165) is 5.01 Å². The van der Waals surface area contributed by atoms with Gasteiger partial charge in [-0.2, -0.15) is 0 Å². The summed E-state index contributed by atoms with van der Waals surface area (Å²) < 4.78 is 0. The van der Waals surface area contributed by atoms with Gasteiger partial charge in [0, 0.05) is 7.05 Å². The molecule has 0 spiro atoms. The highest BCUT2D eigenvalue weighted by molar-refractivity contribution is 5.44. The zero-order valence-electron chi connectivity index (χ0n) is 3.01. The van der Waals surface area contributed by atoms with Gasteiger partial charge in [0.2, 0.25) is 6.41 Å². The number of hydrogen-bond acceptors (Lipinski definition) is 2. The summed E-state index contributed by atoms with van der Waals surface area (Å²) >= 11 is 0. The molecular formula is C2H6N2O. The van der Waals surface area contributed by atoms with Crippen molar-refractivity contribution in [1.29, 1.82) is 0 Å². The molecule has 3 nitrogen and oxygen atoms in total. The molecule has 0 unspecified atom stereocenters. The van der Waals surface area contributed by atoms with Gasteiger partial charge in [-0.05, 0) is 0 Å². The van der Waals surface area contributed by atoms with Gasteiger partial charge in [0.15, 0.2) is 0 Å². The summed E-state index contributed by atoms with van der Waals surface area (Å²) in [5.41, 5.74) is 0. The van der Waals surface area contributed by atoms with Crippen LogP contribution in [0.5, 0.6) is 0 Å². The second-order valence-corrected chi connectivity index (χ2v) is 0.771. The zero-order valence-corrected chi connectivity index (χ0v) is 3.01. The number of rotatable bonds is 1. The Hall–Kier alpha value is -0.570. The van der Waals surface area contributed by atoms with Crippen molar-refractivity contribution in [3.05, 3.63) is 0 Å². The van der Waals surface area contributed by atoms with E-state index in [9.17, 15) is 4.79 Å². The van der Waals surface area contributed by atoms with Crippen LogP contribution < -0.4 is 5.84 Å². The van der Waals surface area contributed by atoms with E-state index in [4.69, 9.17) is 5.84 Å². The number of hydrazine groups is 1. The molecule has 0 saturated heterocycles. The van der Waals surface area contributed by atoms with Crippen LogP contribution in [0.15, 0.2) is 0 Å². The lowest BCUT2D eigenvalue weighted by Gasteiger charge is -1.93. The van der Waals surface area contributed by atoms with Crippen LogP contribution in [0.3, 0.4) is 0 Å². The number of nitrogens with zero attached hydrogens (tertiary/aromatic N) is 1. The first kappa shape index (κ1) is 4.43. The molecule has 0 aromatic carbocycles. The van der Waals surface area contributed by atoms with Gasteiger partial charge in [-0.3, -0.25) is 9.80 Å². The predicted octanol–water partition coefficient (Wildman–Crippen LogP) is -1.05. The van der Waals surface area contributed by atoms with E-state index in [0.29, 0.717) is 6.41 Å². The molecule has 0 aromatic rings. The largest absolute Gasteiger partial charge is 0.286 e. The van der Waals surface area contributed by atoms with Gasteiger partial charge in [0.05, 0.1) is 0 Å². The van der Waals surface area contributed by atoms with Crippen molar-refractivity contribution in [2.45, 2.75) is 0 Å². The first-order valence-corrected chi connectivity index (χ1v) is 1.20. The van der Waals surface area contributed by atoms with Crippen molar-refractivity contribution in [3.63, 3.8) is 0 Å². The molecule has 0 aliphatic carbocycles. The van der Waals surface area contributed by atoms with Gasteiger partial charge in [-0.15, -0.1) is 0 Å². The highest BCUT2D eigenvalue weighted by Gasteiger charge is 1.68. The van der Waals surface area contributed by atoms with Crippen LogP contribution in [0.4, 0.5) is 0 Å². The van der Waals surface area contributed by atoms with Crippen molar-refractivity contribution in [1.82, 2.24) is 5.01 Å². The Morgan fingerprint density at radius 3 is 2.20 bits per heavy atom. The second kappa shape index (κ2) is 1.72. The average Bonchev–Trinajstić information content (AvgIpc) is 1.38. The van der Waals surface area contributed by atoms with Crippen molar-refractivity contribution in [2.24, 2.45) is 5.84 Å². The second-order valence-electron chi connectivity index (χ2n) is 0.771. The zero-order chi connectivity index (χ0) is 4.28. The van der Waals surface area contributed by atoms with Crippen LogP contribution in [0, 0.1) is 0 Å². The van der Waals surface area contributed by atoms with E-state index in [1.54, 1.807) is 0 Å². The molecule has 0 fully saturated rings. The fourth-order valence-electron chi connectivity index (χ4n) is 0. The SMILES string of the molecule is CN(N)C=O. The van der Waals surface area contributed by atoms with Crippen molar-refractivity contribution in [3.8, 4) is 0 Å². The third-order valence-corrected chi connectivity index (χ3v) is 0.166. The summed E-state index contributed by atoms with van der Waals surface area (Å²) in [5.74, 6) is 4.76. The fourth-order valence-corrected chi connectivity index (χ4v) is 0. The highest BCUT2D eigenvalue weighted by atomic mass is 16.1. The molecule has 0 heterocycles. The van der Waals surface area contributed by atoms with Crippen molar-refractivity contribution >= 4 is 6.41 Å². The number of amides is 1. The first-order valence-electron chi connectivity index (χ1n) is 1.20. The Kier molecular flexibility index (Phi) is 1.53. The predicted molar refractivity (Wildman–Crippen MR) is 18.0 cm³/mol. The smallest absolute Gasteiger partial charge is 0.223 e. The minimum absolute atomic E-state index is 0.528. The summed E-state index contributed by atoms with van der Waals surface area (Å²) in [6, 6.07) is 0. The van der Waals surface area contributed by atoms with Gasteiger partial charge in [0.25, 0.3) is 0 Å². The normalized spacial score (nSPS) is 6.80. The number of carbonyl (C=O) groups is 1. The first-order chi connectivity index (χ1) is 2.27. The van der Waals surface area contributed by atoms with Gasteiger partial charge < -0.3 is 0 Å². The minimum Gasteiger partial charge on any atom is -0.286 e. The summed E-state index contributed by atoms with van der Waals surface area (Å²) in [6.07, 6.45) is 0.528. The maximum absolute atomic E-state index is 9.31. The molecule has 30 valence electrons. The van der Waals surface area contributed by atoms with E-state index in [-0.39, 0.29) is 0 Å². The Labute approximate surface area is 30.3 Å². The Morgan fingerprint density at radius 2 is 2.20 bits per heavy atom. The summed E-state index contributed by atoms with van der Waals surface area (Å²) in [5, 5.41) is 0.944. The summed E-state index contributed by atoms with van der Waals surface area (Å²) in [7, 11) is 1.47. The van der Waals surface area contributed by atoms with E-state index in [1.807, 2.05) is 0 Å². The maximum atomic E-state index is 9.31. The lowest BCUT2D eigenvalue weighted by atomic mass is 11.2. The molecule has 0 saturated carbocycles. The monoisotopic (exact) mass is 74.0 g/mol. The molecule has 0 rings (SSSR count). The van der Waals surface area contributed by atoms with Crippen molar-refractivity contribution in [2.75, 3.05) is 7.05 Å². The van der Waals surface area contributed by atoms with Gasteiger partial charge >= 0.3 is 0 Å². The van der Waals surface area contributed by atoms with Gasteiger partial charge in [-0.1, -0.05) is 0 Å². The Balaban J connectivity index is 2.83. The quantitative estimate of drug-likeness (QED) is 0.187. The van der Waals surface area contributed by atoms with Crippen LogP contribution in [-0.4, -0.2) is 18.5 Å². The van der Waals surface area contributed by atoms with Crippen LogP contribution >= 0.6 is 0 Å². The average molecular weight is 74.1 g/mol. The number of carbonyl (C=O) groups excluding carboxylic acids is 1. The van der Waals surface area contributed by atoms with E-state index in [2.05, 4.69) is 0 Å². The van der Waals surface area contributed by atoms with E-state index < -0.39 is 0 Å². The van der Waals surface area contributed by atoms with Gasteiger partial charge in [0.1, 0.15) is 0 Å². The van der Waals surface area contributed by atoms with E-state index in [1.165, 1.54) is 7.05 Å². The van der Waals surface area contributed by atoms with Crippen LogP contribution in [0.2, 0.25) is 0 Å². The number of nitrogens with two attached hydrogens (primary N) is 1. The molecule has 0 aliphatic rings. The molecule has 5 heavy (non-hydrogen) atoms. The van der Waals surface area contributed by atoms with Crippen molar-refractivity contribution < 1.29 is 4.79 Å². The van der Waals surface area contributed by atoms with Crippen LogP contribution in [0.25, 0.3) is 0 Å². The Morgan fingerprint density at radius 1 is 2.00 bits per heavy atom. The molecule has 0 aromatic heterocycles. The molecule has 1 amide bonds. The third kappa shape index (κ3) is 3.43. The molecular weight excluding hydrogens is 68.0 g/mol.